The van der Waals surface area contributed by atoms with Gasteiger partial charge in [0.1, 0.15) is 11.4 Å². The third-order valence-corrected chi connectivity index (χ3v) is 6.66. The number of nitrogens with zero attached hydrogens (tertiary/aromatic N) is 5. The fourth-order valence-corrected chi connectivity index (χ4v) is 4.89. The Morgan fingerprint density at radius 2 is 1.61 bits per heavy atom. The van der Waals surface area contributed by atoms with Crippen molar-refractivity contribution >= 4 is 22.4 Å². The van der Waals surface area contributed by atoms with Crippen molar-refractivity contribution < 1.29 is 4.74 Å². The molecule has 0 N–H and O–H groups in total. The molecule has 3 heterocycles. The second kappa shape index (κ2) is 9.24. The summed E-state index contributed by atoms with van der Waals surface area (Å²) in [5.74, 6) is 1.34. The van der Waals surface area contributed by atoms with Crippen LogP contribution in [0.15, 0.2) is 95.9 Å². The molecule has 0 unspecified atom stereocenters. The molecule has 3 aromatic heterocycles. The lowest BCUT2D eigenvalue weighted by Gasteiger charge is -2.04. The lowest BCUT2D eigenvalue weighted by atomic mass is 10.1. The van der Waals surface area contributed by atoms with Crippen LogP contribution in [0.5, 0.6) is 5.75 Å². The number of para-hydroxylation sites is 1. The van der Waals surface area contributed by atoms with Crippen LogP contribution in [0.25, 0.3) is 39.4 Å². The molecule has 0 saturated heterocycles. The molecule has 0 aliphatic carbocycles. The lowest BCUT2D eigenvalue weighted by Crippen LogP contribution is -2.23. The van der Waals surface area contributed by atoms with Gasteiger partial charge in [-0.2, -0.15) is 14.6 Å². The molecule has 36 heavy (non-hydrogen) atoms. The zero-order valence-corrected chi connectivity index (χ0v) is 20.2. The molecule has 0 bridgehead atoms. The summed E-state index contributed by atoms with van der Waals surface area (Å²) < 4.78 is 9.33. The number of benzene rings is 3. The smallest absolute Gasteiger partial charge is 0.291 e. The van der Waals surface area contributed by atoms with Gasteiger partial charge in [0.15, 0.2) is 5.82 Å². The second-order valence-electron chi connectivity index (χ2n) is 8.08. The maximum Gasteiger partial charge on any atom is 0.291 e. The molecule has 0 aliphatic heterocycles. The van der Waals surface area contributed by atoms with Crippen molar-refractivity contribution in [3.05, 3.63) is 112 Å². The van der Waals surface area contributed by atoms with Crippen molar-refractivity contribution in [2.45, 2.75) is 6.92 Å². The zero-order chi connectivity index (χ0) is 24.5. The minimum absolute atomic E-state index is 0.199. The van der Waals surface area contributed by atoms with Crippen LogP contribution in [0.1, 0.15) is 12.5 Å². The van der Waals surface area contributed by atoms with Crippen molar-refractivity contribution in [1.29, 1.82) is 0 Å². The molecule has 0 fully saturated rings. The highest BCUT2D eigenvalue weighted by atomic mass is 32.1. The van der Waals surface area contributed by atoms with Crippen molar-refractivity contribution in [1.82, 2.24) is 24.4 Å². The van der Waals surface area contributed by atoms with E-state index >= 15 is 0 Å². The fraction of sp³-hybridized carbons (Fsp3) is 0.0714. The zero-order valence-electron chi connectivity index (χ0n) is 19.4. The van der Waals surface area contributed by atoms with Gasteiger partial charge in [-0.1, -0.05) is 59.9 Å². The Hall–Kier alpha value is -4.56. The number of hydrogen-bond acceptors (Lipinski definition) is 6. The highest BCUT2D eigenvalue weighted by Crippen LogP contribution is 2.26. The number of rotatable bonds is 6. The number of ether oxygens (including phenoxy) is 1. The van der Waals surface area contributed by atoms with Crippen LogP contribution >= 0.6 is 11.3 Å². The van der Waals surface area contributed by atoms with Gasteiger partial charge in [-0.15, -0.1) is 5.10 Å². The van der Waals surface area contributed by atoms with Crippen LogP contribution in [-0.2, 0) is 0 Å². The minimum Gasteiger partial charge on any atom is -0.494 e. The van der Waals surface area contributed by atoms with Crippen LogP contribution in [-0.4, -0.2) is 31.0 Å². The van der Waals surface area contributed by atoms with Gasteiger partial charge in [0.2, 0.25) is 4.96 Å². The molecule has 0 radical (unpaired) electrons. The van der Waals surface area contributed by atoms with Crippen LogP contribution in [0.3, 0.4) is 0 Å². The van der Waals surface area contributed by atoms with Gasteiger partial charge in [-0.3, -0.25) is 4.79 Å². The monoisotopic (exact) mass is 491 g/mol. The fourth-order valence-electron chi connectivity index (χ4n) is 3.99. The van der Waals surface area contributed by atoms with Gasteiger partial charge >= 0.3 is 0 Å². The second-order valence-corrected chi connectivity index (χ2v) is 9.09. The summed E-state index contributed by atoms with van der Waals surface area (Å²) in [7, 11) is 0. The third kappa shape index (κ3) is 4.08. The largest absolute Gasteiger partial charge is 0.494 e. The number of thiazole rings is 1. The molecule has 176 valence electrons. The lowest BCUT2D eigenvalue weighted by molar-refractivity contribution is 0.340. The molecule has 0 spiro atoms. The number of aromatic nitrogens is 5. The quantitative estimate of drug-likeness (QED) is 0.340. The predicted molar refractivity (Wildman–Crippen MR) is 142 cm³/mol. The Balaban J connectivity index is 1.47. The normalized spacial score (nSPS) is 11.9. The van der Waals surface area contributed by atoms with E-state index in [1.807, 2.05) is 109 Å². The Morgan fingerprint density at radius 3 is 2.31 bits per heavy atom. The average molecular weight is 492 g/mol. The highest BCUT2D eigenvalue weighted by molar-refractivity contribution is 7.15. The van der Waals surface area contributed by atoms with Gasteiger partial charge in [-0.25, -0.2) is 4.68 Å². The third-order valence-electron chi connectivity index (χ3n) is 5.70. The van der Waals surface area contributed by atoms with E-state index in [0.717, 1.165) is 33.8 Å². The van der Waals surface area contributed by atoms with Crippen molar-refractivity contribution in [3.63, 3.8) is 0 Å². The molecule has 0 atom stereocenters. The maximum absolute atomic E-state index is 13.2. The van der Waals surface area contributed by atoms with Gasteiger partial charge in [0.05, 0.1) is 16.8 Å². The summed E-state index contributed by atoms with van der Waals surface area (Å²) >= 11 is 1.32. The topological polar surface area (TPSA) is 74.3 Å². The molecular weight excluding hydrogens is 470 g/mol. The maximum atomic E-state index is 13.2. The average Bonchev–Trinajstić information content (AvgIpc) is 3.61. The summed E-state index contributed by atoms with van der Waals surface area (Å²) in [5.41, 5.74) is 4.13. The van der Waals surface area contributed by atoms with E-state index in [1.165, 1.54) is 15.9 Å². The van der Waals surface area contributed by atoms with E-state index in [2.05, 4.69) is 10.1 Å². The molecular formula is C28H21N5O2S. The Labute approximate surface area is 210 Å². The van der Waals surface area contributed by atoms with E-state index in [-0.39, 0.29) is 5.56 Å². The van der Waals surface area contributed by atoms with E-state index < -0.39 is 0 Å². The Bertz CT molecular complexity index is 1750. The number of hydrogen-bond donors (Lipinski definition) is 0. The van der Waals surface area contributed by atoms with Crippen molar-refractivity contribution in [2.24, 2.45) is 0 Å². The van der Waals surface area contributed by atoms with Gasteiger partial charge in [0, 0.05) is 22.9 Å². The van der Waals surface area contributed by atoms with E-state index in [9.17, 15) is 4.79 Å². The predicted octanol–water partition coefficient (Wildman–Crippen LogP) is 4.62. The van der Waals surface area contributed by atoms with Crippen LogP contribution in [0.4, 0.5) is 0 Å². The Kier molecular flexibility index (Phi) is 5.63. The first-order valence-electron chi connectivity index (χ1n) is 11.5. The van der Waals surface area contributed by atoms with Crippen LogP contribution in [0.2, 0.25) is 0 Å². The molecule has 7 nitrogen and oxygen atoms in total. The van der Waals surface area contributed by atoms with Gasteiger partial charge in [0.25, 0.3) is 5.56 Å². The van der Waals surface area contributed by atoms with Gasteiger partial charge in [-0.05, 0) is 49.4 Å². The van der Waals surface area contributed by atoms with Crippen LogP contribution < -0.4 is 14.8 Å². The summed E-state index contributed by atoms with van der Waals surface area (Å²) in [5, 5.41) is 9.31. The van der Waals surface area contributed by atoms with E-state index in [0.29, 0.717) is 21.9 Å². The number of fused-ring (bicyclic) bond motifs is 1. The van der Waals surface area contributed by atoms with Crippen molar-refractivity contribution in [3.8, 4) is 34.1 Å². The summed E-state index contributed by atoms with van der Waals surface area (Å²) in [6, 6.07) is 27.3. The highest BCUT2D eigenvalue weighted by Gasteiger charge is 2.15. The summed E-state index contributed by atoms with van der Waals surface area (Å²) in [6.45, 7) is 2.56. The minimum atomic E-state index is -0.199. The van der Waals surface area contributed by atoms with Gasteiger partial charge < -0.3 is 4.74 Å². The van der Waals surface area contributed by atoms with E-state index in [4.69, 9.17) is 9.84 Å². The Morgan fingerprint density at radius 1 is 0.889 bits per heavy atom. The molecule has 0 saturated carbocycles. The summed E-state index contributed by atoms with van der Waals surface area (Å²) in [6.07, 6.45) is 3.80. The molecule has 6 aromatic rings. The van der Waals surface area contributed by atoms with Crippen LogP contribution in [0, 0.1) is 0 Å². The first kappa shape index (κ1) is 21.9. The van der Waals surface area contributed by atoms with Crippen molar-refractivity contribution in [2.75, 3.05) is 6.61 Å². The SMILES string of the molecule is CCOc1ccc(-c2nn(-c3ccccc3)cc2/C=c2\sc3nc(-c4ccccc4)nn3c2=O)cc1. The molecule has 6 rings (SSSR count). The summed E-state index contributed by atoms with van der Waals surface area (Å²) in [4.78, 5) is 18.4. The molecule has 0 aliphatic rings. The molecule has 8 heteroatoms. The molecule has 0 amide bonds. The van der Waals surface area contributed by atoms with E-state index in [1.54, 1.807) is 0 Å². The standard InChI is InChI=1S/C28H21N5O2S/c1-2-35-23-15-13-19(14-16-23)25-21(18-32(30-25)22-11-7-4-8-12-22)17-24-27(34)33-28(36-24)29-26(31-33)20-9-5-3-6-10-20/h3-18H,2H2,1H3/b24-17-. The molecule has 3 aromatic carbocycles. The first-order valence-corrected chi connectivity index (χ1v) is 12.4. The first-order chi connectivity index (χ1) is 17.7.